The lowest BCUT2D eigenvalue weighted by molar-refractivity contribution is -0.121. The first-order chi connectivity index (χ1) is 11.9. The normalized spacial score (nSPS) is 18.1. The number of halogens is 1. The lowest BCUT2D eigenvalue weighted by Gasteiger charge is -2.39. The van der Waals surface area contributed by atoms with E-state index >= 15 is 0 Å². The SMILES string of the molecule is CC(C)c1cc(C(=O)N2CC(=O)N(c3cccc(Cl)c3)C[C@H]2C)n[nH]1. The summed E-state index contributed by atoms with van der Waals surface area (Å²) in [5, 5.41) is 7.56. The van der Waals surface area contributed by atoms with E-state index in [-0.39, 0.29) is 30.3 Å². The number of H-pyrrole nitrogens is 1. The van der Waals surface area contributed by atoms with Crippen LogP contribution in [0.2, 0.25) is 5.02 Å². The highest BCUT2D eigenvalue weighted by molar-refractivity contribution is 6.30. The van der Waals surface area contributed by atoms with E-state index in [0.717, 1.165) is 11.4 Å². The highest BCUT2D eigenvalue weighted by Crippen LogP contribution is 2.24. The maximum Gasteiger partial charge on any atom is 0.275 e. The Labute approximate surface area is 151 Å². The molecule has 3 rings (SSSR count). The Bertz CT molecular complexity index is 802. The molecule has 0 radical (unpaired) electrons. The molecule has 0 saturated carbocycles. The smallest absolute Gasteiger partial charge is 0.275 e. The van der Waals surface area contributed by atoms with Gasteiger partial charge in [0.25, 0.3) is 5.91 Å². The quantitative estimate of drug-likeness (QED) is 0.914. The van der Waals surface area contributed by atoms with Crippen molar-refractivity contribution in [2.75, 3.05) is 18.0 Å². The first-order valence-electron chi connectivity index (χ1n) is 8.29. The fourth-order valence-corrected chi connectivity index (χ4v) is 3.09. The Morgan fingerprint density at radius 1 is 1.36 bits per heavy atom. The summed E-state index contributed by atoms with van der Waals surface area (Å²) in [4.78, 5) is 28.6. The molecule has 2 amide bonds. The molecular weight excluding hydrogens is 340 g/mol. The standard InChI is InChI=1S/C18H21ClN4O2/c1-11(2)15-8-16(21-20-15)18(25)22-10-17(24)23(9-12(22)3)14-6-4-5-13(19)7-14/h4-8,11-12H,9-10H2,1-3H3,(H,20,21)/t12-/m1/s1. The van der Waals surface area contributed by atoms with Gasteiger partial charge in [-0.15, -0.1) is 0 Å². The van der Waals surface area contributed by atoms with Crippen molar-refractivity contribution in [1.29, 1.82) is 0 Å². The molecule has 25 heavy (non-hydrogen) atoms. The van der Waals surface area contributed by atoms with Crippen LogP contribution >= 0.6 is 11.6 Å². The van der Waals surface area contributed by atoms with Crippen LogP contribution in [0.15, 0.2) is 30.3 Å². The molecule has 1 fully saturated rings. The summed E-state index contributed by atoms with van der Waals surface area (Å²) in [6, 6.07) is 8.81. The second-order valence-electron chi connectivity index (χ2n) is 6.63. The topological polar surface area (TPSA) is 69.3 Å². The minimum absolute atomic E-state index is 0.0242. The number of anilines is 1. The van der Waals surface area contributed by atoms with E-state index in [0.29, 0.717) is 17.3 Å². The first kappa shape index (κ1) is 17.5. The number of aromatic nitrogens is 2. The van der Waals surface area contributed by atoms with Crippen LogP contribution in [-0.2, 0) is 4.79 Å². The minimum atomic E-state index is -0.227. The summed E-state index contributed by atoms with van der Waals surface area (Å²) >= 11 is 6.02. The van der Waals surface area contributed by atoms with Gasteiger partial charge >= 0.3 is 0 Å². The maximum atomic E-state index is 12.7. The molecule has 1 saturated heterocycles. The zero-order valence-electron chi connectivity index (χ0n) is 14.5. The van der Waals surface area contributed by atoms with Crippen molar-refractivity contribution in [1.82, 2.24) is 15.1 Å². The van der Waals surface area contributed by atoms with Crippen LogP contribution in [0.3, 0.4) is 0 Å². The molecule has 6 nitrogen and oxygen atoms in total. The number of piperazine rings is 1. The van der Waals surface area contributed by atoms with Crippen LogP contribution in [0, 0.1) is 0 Å². The van der Waals surface area contributed by atoms with Gasteiger partial charge in [-0.2, -0.15) is 5.10 Å². The van der Waals surface area contributed by atoms with Crippen LogP contribution < -0.4 is 4.90 Å². The van der Waals surface area contributed by atoms with Gasteiger partial charge in [0.1, 0.15) is 12.2 Å². The number of carbonyl (C=O) groups excluding carboxylic acids is 2. The highest BCUT2D eigenvalue weighted by atomic mass is 35.5. The number of carbonyl (C=O) groups is 2. The summed E-state index contributed by atoms with van der Waals surface area (Å²) in [6.07, 6.45) is 0. The number of hydrogen-bond donors (Lipinski definition) is 1. The molecule has 2 aromatic rings. The molecule has 1 aromatic heterocycles. The number of nitrogens with one attached hydrogen (secondary N) is 1. The Kier molecular flexibility index (Phi) is 4.81. The second kappa shape index (κ2) is 6.88. The summed E-state index contributed by atoms with van der Waals surface area (Å²) < 4.78 is 0. The van der Waals surface area contributed by atoms with Crippen molar-refractivity contribution in [3.05, 3.63) is 46.7 Å². The van der Waals surface area contributed by atoms with E-state index in [2.05, 4.69) is 10.2 Å². The third-order valence-electron chi connectivity index (χ3n) is 4.41. The minimum Gasteiger partial charge on any atom is -0.323 e. The predicted molar refractivity (Wildman–Crippen MR) is 97.0 cm³/mol. The highest BCUT2D eigenvalue weighted by Gasteiger charge is 2.34. The van der Waals surface area contributed by atoms with Crippen LogP contribution in [0.5, 0.6) is 0 Å². The molecule has 7 heteroatoms. The molecule has 0 aliphatic carbocycles. The van der Waals surface area contributed by atoms with E-state index in [9.17, 15) is 9.59 Å². The lowest BCUT2D eigenvalue weighted by Crippen LogP contribution is -2.57. The fraction of sp³-hybridized carbons (Fsp3) is 0.389. The number of amides is 2. The molecule has 1 aliphatic heterocycles. The fourth-order valence-electron chi connectivity index (χ4n) is 2.91. The van der Waals surface area contributed by atoms with Crippen molar-refractivity contribution in [2.24, 2.45) is 0 Å². The molecular formula is C18H21ClN4O2. The lowest BCUT2D eigenvalue weighted by atomic mass is 10.1. The first-order valence-corrected chi connectivity index (χ1v) is 8.67. The van der Waals surface area contributed by atoms with Gasteiger partial charge in [-0.3, -0.25) is 14.7 Å². The Morgan fingerprint density at radius 3 is 2.76 bits per heavy atom. The third kappa shape index (κ3) is 3.54. The zero-order valence-corrected chi connectivity index (χ0v) is 15.2. The van der Waals surface area contributed by atoms with Gasteiger partial charge in [0.05, 0.1) is 0 Å². The number of aromatic amines is 1. The van der Waals surface area contributed by atoms with Crippen LogP contribution in [-0.4, -0.2) is 46.0 Å². The molecule has 0 bridgehead atoms. The van der Waals surface area contributed by atoms with Gasteiger partial charge in [0.2, 0.25) is 5.91 Å². The van der Waals surface area contributed by atoms with Gasteiger partial charge in [0, 0.05) is 29.0 Å². The largest absolute Gasteiger partial charge is 0.323 e. The summed E-state index contributed by atoms with van der Waals surface area (Å²) in [7, 11) is 0. The average molecular weight is 361 g/mol. The van der Waals surface area contributed by atoms with Crippen molar-refractivity contribution in [3.63, 3.8) is 0 Å². The van der Waals surface area contributed by atoms with E-state index in [4.69, 9.17) is 11.6 Å². The Hall–Kier alpha value is -2.34. The van der Waals surface area contributed by atoms with Gasteiger partial charge in [-0.05, 0) is 37.1 Å². The van der Waals surface area contributed by atoms with E-state index in [1.807, 2.05) is 32.9 Å². The van der Waals surface area contributed by atoms with Crippen molar-refractivity contribution >= 4 is 29.1 Å². The van der Waals surface area contributed by atoms with Gasteiger partial charge in [-0.25, -0.2) is 0 Å². The summed E-state index contributed by atoms with van der Waals surface area (Å²) in [6.45, 7) is 6.43. The molecule has 0 spiro atoms. The molecule has 2 heterocycles. The second-order valence-corrected chi connectivity index (χ2v) is 7.07. The van der Waals surface area contributed by atoms with Crippen molar-refractivity contribution in [3.8, 4) is 0 Å². The molecule has 0 unspecified atom stereocenters. The Morgan fingerprint density at radius 2 is 2.12 bits per heavy atom. The van der Waals surface area contributed by atoms with Crippen LogP contribution in [0.25, 0.3) is 0 Å². The zero-order chi connectivity index (χ0) is 18.1. The number of rotatable bonds is 3. The van der Waals surface area contributed by atoms with E-state index in [1.54, 1.807) is 28.0 Å². The Balaban J connectivity index is 1.77. The van der Waals surface area contributed by atoms with Crippen molar-refractivity contribution < 1.29 is 9.59 Å². The number of benzene rings is 1. The summed E-state index contributed by atoms with van der Waals surface area (Å²) in [5.74, 6) is -0.101. The van der Waals surface area contributed by atoms with Gasteiger partial charge in [-0.1, -0.05) is 31.5 Å². The van der Waals surface area contributed by atoms with Crippen LogP contribution in [0.1, 0.15) is 42.9 Å². The van der Waals surface area contributed by atoms with E-state index in [1.165, 1.54) is 0 Å². The molecule has 1 N–H and O–H groups in total. The van der Waals surface area contributed by atoms with Gasteiger partial charge in [0.15, 0.2) is 0 Å². The maximum absolute atomic E-state index is 12.7. The van der Waals surface area contributed by atoms with Crippen LogP contribution in [0.4, 0.5) is 5.69 Å². The third-order valence-corrected chi connectivity index (χ3v) is 4.64. The molecule has 1 aromatic carbocycles. The summed E-state index contributed by atoms with van der Waals surface area (Å²) in [5.41, 5.74) is 2.00. The number of nitrogens with zero attached hydrogens (tertiary/aromatic N) is 3. The molecule has 132 valence electrons. The van der Waals surface area contributed by atoms with Gasteiger partial charge < -0.3 is 9.80 Å². The monoisotopic (exact) mass is 360 g/mol. The molecule has 1 atom stereocenters. The molecule has 1 aliphatic rings. The predicted octanol–water partition coefficient (Wildman–Crippen LogP) is 3.06. The number of hydrogen-bond acceptors (Lipinski definition) is 3. The van der Waals surface area contributed by atoms with Crippen molar-refractivity contribution in [2.45, 2.75) is 32.7 Å². The van der Waals surface area contributed by atoms with E-state index < -0.39 is 0 Å². The average Bonchev–Trinajstić information content (AvgIpc) is 3.06.